The summed E-state index contributed by atoms with van der Waals surface area (Å²) in [7, 11) is 0. The quantitative estimate of drug-likeness (QED) is 0.206. The second-order valence-corrected chi connectivity index (χ2v) is 9.97. The summed E-state index contributed by atoms with van der Waals surface area (Å²) in [5.41, 5.74) is 8.37. The molecule has 7 atom stereocenters. The highest BCUT2D eigenvalue weighted by Gasteiger charge is 2.52. The number of carbonyl (C=O) groups is 4. The first-order valence-corrected chi connectivity index (χ1v) is 13.6. The first kappa shape index (κ1) is 32.4. The van der Waals surface area contributed by atoms with Crippen molar-refractivity contribution >= 4 is 41.2 Å². The van der Waals surface area contributed by atoms with Crippen LogP contribution in [0, 0.1) is 0 Å². The van der Waals surface area contributed by atoms with Crippen molar-refractivity contribution < 1.29 is 42.9 Å². The highest BCUT2D eigenvalue weighted by Crippen LogP contribution is 2.30. The van der Waals surface area contributed by atoms with Gasteiger partial charge < -0.3 is 40.1 Å². The third-order valence-corrected chi connectivity index (χ3v) is 6.49. The molecule has 226 valence electrons. The molecule has 0 bridgehead atoms. The number of nitrogens with two attached hydrogens (primary N) is 1. The van der Waals surface area contributed by atoms with Gasteiger partial charge >= 0.3 is 23.9 Å². The first-order valence-electron chi connectivity index (χ1n) is 13.2. The van der Waals surface area contributed by atoms with Crippen LogP contribution < -0.4 is 16.4 Å². The van der Waals surface area contributed by atoms with E-state index in [0.29, 0.717) is 0 Å². The van der Waals surface area contributed by atoms with Gasteiger partial charge in [-0.2, -0.15) is 0 Å². The lowest BCUT2D eigenvalue weighted by molar-refractivity contribution is -0.254. The van der Waals surface area contributed by atoms with E-state index in [0.717, 1.165) is 31.9 Å². The molecule has 12 nitrogen and oxygen atoms in total. The molecule has 0 aliphatic carbocycles. The van der Waals surface area contributed by atoms with Gasteiger partial charge in [-0.3, -0.25) is 19.2 Å². The molecule has 42 heavy (non-hydrogen) atoms. The number of hydrogen-bond donors (Lipinski definition) is 3. The van der Waals surface area contributed by atoms with Crippen LogP contribution in [0.1, 0.15) is 50.9 Å². The molecule has 4 N–H and O–H groups in total. The topological polar surface area (TPSA) is 165 Å². The Kier molecular flexibility index (Phi) is 11.8. The van der Waals surface area contributed by atoms with Crippen LogP contribution in [0.15, 0.2) is 60.7 Å². The number of thiocarbonyl (C=S) groups is 1. The maximum Gasteiger partial charge on any atom is 0.303 e. The van der Waals surface area contributed by atoms with E-state index in [9.17, 15) is 19.2 Å². The monoisotopic (exact) mass is 601 g/mol. The fourth-order valence-electron chi connectivity index (χ4n) is 4.57. The van der Waals surface area contributed by atoms with E-state index in [1.54, 1.807) is 0 Å². The predicted octanol–water partition coefficient (Wildman–Crippen LogP) is 1.97. The summed E-state index contributed by atoms with van der Waals surface area (Å²) in [6.45, 7) is 4.30. The van der Waals surface area contributed by atoms with Crippen LogP contribution in [-0.4, -0.2) is 66.2 Å². The van der Waals surface area contributed by atoms with E-state index in [1.807, 2.05) is 60.7 Å². The third kappa shape index (κ3) is 9.23. The fraction of sp³-hybridized carbons (Fsp3) is 0.414. The largest absolute Gasteiger partial charge is 0.463 e. The number of nitrogens with one attached hydrogen (secondary N) is 2. The van der Waals surface area contributed by atoms with Crippen LogP contribution in [0.5, 0.6) is 0 Å². The normalized spacial score (nSPS) is 22.9. The number of benzene rings is 2. The minimum atomic E-state index is -1.33. The molecule has 13 heteroatoms. The molecule has 0 amide bonds. The zero-order valence-electron chi connectivity index (χ0n) is 23.7. The van der Waals surface area contributed by atoms with Crippen LogP contribution in [0.3, 0.4) is 0 Å². The molecule has 2 aromatic carbocycles. The van der Waals surface area contributed by atoms with Gasteiger partial charge in [-0.1, -0.05) is 60.7 Å². The van der Waals surface area contributed by atoms with Gasteiger partial charge in [0.05, 0.1) is 12.1 Å². The maximum absolute atomic E-state index is 12.1. The standard InChI is InChI=1S/C29H35N3O9S/c1-16(33)37-15-22-25(38-17(2)34)26(39-18(3)35)27(40-19(4)36)28(41-22)32-29(42)31-24(21-13-9-6-10-14-21)23(30)20-11-7-5-8-12-20/h5-14,22-28H,15,30H2,1-4H3,(H2,31,32,42)/t22-,23+,24+,25-,26+,27-,28-/m1/s1. The van der Waals surface area contributed by atoms with E-state index in [4.69, 9.17) is 41.6 Å². The summed E-state index contributed by atoms with van der Waals surface area (Å²) >= 11 is 5.64. The van der Waals surface area contributed by atoms with Crippen LogP contribution in [0.4, 0.5) is 0 Å². The first-order chi connectivity index (χ1) is 20.0. The molecule has 2 aromatic rings. The Morgan fingerprint density at radius 2 is 1.29 bits per heavy atom. The maximum atomic E-state index is 12.1. The number of carbonyl (C=O) groups excluding carboxylic acids is 4. The van der Waals surface area contributed by atoms with Crippen LogP contribution in [-0.2, 0) is 42.9 Å². The Morgan fingerprint density at radius 1 is 0.786 bits per heavy atom. The molecule has 0 spiro atoms. The van der Waals surface area contributed by atoms with Gasteiger partial charge in [-0.25, -0.2) is 0 Å². The SMILES string of the molecule is CC(=O)OC[C@H]1O[C@@H](NC(=S)N[C@@H](c2ccccc2)[C@@H](N)c2ccccc2)[C@H](OC(C)=O)[C@@H](OC(C)=O)[C@@H]1OC(C)=O. The highest BCUT2D eigenvalue weighted by atomic mass is 32.1. The van der Waals surface area contributed by atoms with Gasteiger partial charge in [0.1, 0.15) is 12.7 Å². The Hall–Kier alpha value is -4.07. The number of esters is 4. The van der Waals surface area contributed by atoms with Gasteiger partial charge in [-0.15, -0.1) is 0 Å². The Bertz CT molecular complexity index is 1250. The molecule has 1 fully saturated rings. The number of ether oxygens (including phenoxy) is 5. The van der Waals surface area contributed by atoms with E-state index < -0.39 is 66.6 Å². The third-order valence-electron chi connectivity index (χ3n) is 6.25. The lowest BCUT2D eigenvalue weighted by Crippen LogP contribution is -2.67. The summed E-state index contributed by atoms with van der Waals surface area (Å²) in [6, 6.07) is 17.8. The Balaban J connectivity index is 1.93. The minimum Gasteiger partial charge on any atom is -0.463 e. The molecule has 1 aliphatic rings. The van der Waals surface area contributed by atoms with Crippen LogP contribution >= 0.6 is 12.2 Å². The molecule has 0 unspecified atom stereocenters. The highest BCUT2D eigenvalue weighted by molar-refractivity contribution is 7.80. The van der Waals surface area contributed by atoms with Gasteiger partial charge in [0, 0.05) is 27.7 Å². The lowest BCUT2D eigenvalue weighted by atomic mass is 9.94. The molecular weight excluding hydrogens is 566 g/mol. The average molecular weight is 602 g/mol. The molecule has 1 heterocycles. The lowest BCUT2D eigenvalue weighted by Gasteiger charge is -2.44. The summed E-state index contributed by atoms with van der Waals surface area (Å²) < 4.78 is 27.6. The van der Waals surface area contributed by atoms with Crippen molar-refractivity contribution in [2.75, 3.05) is 6.61 Å². The van der Waals surface area contributed by atoms with Crippen molar-refractivity contribution in [2.45, 2.75) is 70.4 Å². The van der Waals surface area contributed by atoms with E-state index in [1.165, 1.54) is 6.92 Å². The molecule has 1 saturated heterocycles. The number of hydrogen-bond acceptors (Lipinski definition) is 11. The number of rotatable bonds is 10. The Labute approximate surface area is 249 Å². The predicted molar refractivity (Wildman–Crippen MR) is 153 cm³/mol. The minimum absolute atomic E-state index is 0.0659. The summed E-state index contributed by atoms with van der Waals surface area (Å²) in [4.78, 5) is 47.7. The van der Waals surface area contributed by atoms with E-state index >= 15 is 0 Å². The van der Waals surface area contributed by atoms with Crippen molar-refractivity contribution in [3.05, 3.63) is 71.8 Å². The van der Waals surface area contributed by atoms with Crippen molar-refractivity contribution in [3.8, 4) is 0 Å². The molecule has 0 radical (unpaired) electrons. The summed E-state index contributed by atoms with van der Waals surface area (Å²) in [5, 5.41) is 6.25. The second kappa shape index (κ2) is 15.2. The summed E-state index contributed by atoms with van der Waals surface area (Å²) in [5.74, 6) is -2.80. The van der Waals surface area contributed by atoms with Crippen LogP contribution in [0.25, 0.3) is 0 Å². The zero-order valence-corrected chi connectivity index (χ0v) is 24.5. The molecule has 1 aliphatic heterocycles. The van der Waals surface area contributed by atoms with Crippen LogP contribution in [0.2, 0.25) is 0 Å². The molecular formula is C29H35N3O9S. The molecule has 0 aromatic heterocycles. The fourth-order valence-corrected chi connectivity index (χ4v) is 4.81. The van der Waals surface area contributed by atoms with Crippen molar-refractivity contribution in [2.24, 2.45) is 5.73 Å². The zero-order chi connectivity index (χ0) is 30.8. The van der Waals surface area contributed by atoms with E-state index in [-0.39, 0.29) is 11.7 Å². The molecule has 3 rings (SSSR count). The van der Waals surface area contributed by atoms with Crippen molar-refractivity contribution in [1.82, 2.24) is 10.6 Å². The van der Waals surface area contributed by atoms with Crippen molar-refractivity contribution in [3.63, 3.8) is 0 Å². The summed E-state index contributed by atoms with van der Waals surface area (Å²) in [6.07, 6.45) is -6.28. The van der Waals surface area contributed by atoms with Gasteiger partial charge in [0.25, 0.3) is 0 Å². The molecule has 0 saturated carbocycles. The smallest absolute Gasteiger partial charge is 0.303 e. The Morgan fingerprint density at radius 3 is 1.81 bits per heavy atom. The van der Waals surface area contributed by atoms with Gasteiger partial charge in [0.2, 0.25) is 0 Å². The van der Waals surface area contributed by atoms with Gasteiger partial charge in [-0.05, 0) is 23.3 Å². The second-order valence-electron chi connectivity index (χ2n) is 9.56. The average Bonchev–Trinajstić information content (AvgIpc) is 2.93. The van der Waals surface area contributed by atoms with Crippen molar-refractivity contribution in [1.29, 1.82) is 0 Å². The van der Waals surface area contributed by atoms with Gasteiger partial charge in [0.15, 0.2) is 29.7 Å². The van der Waals surface area contributed by atoms with E-state index in [2.05, 4.69) is 10.6 Å².